The highest BCUT2D eigenvalue weighted by atomic mass is 35.5. The van der Waals surface area contributed by atoms with E-state index in [1.165, 1.54) is 41.7 Å². The number of aromatic amines is 1. The molecule has 16 heteroatoms. The summed E-state index contributed by atoms with van der Waals surface area (Å²) in [5, 5.41) is 15.2. The van der Waals surface area contributed by atoms with Crippen molar-refractivity contribution in [1.29, 1.82) is 0 Å². The molecule has 3 aromatic heterocycles. The molecule has 2 aliphatic rings. The number of fused-ring (bicyclic) bond motifs is 3. The number of aryl methyl sites for hydroxylation is 1. The van der Waals surface area contributed by atoms with Gasteiger partial charge in [0.2, 0.25) is 11.8 Å². The van der Waals surface area contributed by atoms with Crippen LogP contribution in [-0.4, -0.2) is 63.5 Å². The van der Waals surface area contributed by atoms with Crippen molar-refractivity contribution in [1.82, 2.24) is 33.9 Å². The molecule has 2 amide bonds. The maximum absolute atomic E-state index is 14.3. The zero-order valence-electron chi connectivity index (χ0n) is 24.8. The molecule has 47 heavy (non-hydrogen) atoms. The zero-order chi connectivity index (χ0) is 33.5. The number of para-hydroxylation sites is 1. The quantitative estimate of drug-likeness (QED) is 0.173. The highest BCUT2D eigenvalue weighted by Crippen LogP contribution is 2.52. The number of imidazole rings is 1. The molecular weight excluding hydrogens is 673 g/mol. The van der Waals surface area contributed by atoms with Gasteiger partial charge in [0.05, 0.1) is 28.2 Å². The fraction of sp³-hybridized carbons (Fsp3) is 0.290. The van der Waals surface area contributed by atoms with Crippen molar-refractivity contribution in [2.45, 2.75) is 24.5 Å². The van der Waals surface area contributed by atoms with Crippen molar-refractivity contribution in [3.8, 4) is 0 Å². The first kappa shape index (κ1) is 31.2. The smallest absolute Gasteiger partial charge is 0.332 e. The van der Waals surface area contributed by atoms with Crippen LogP contribution in [0.3, 0.4) is 0 Å². The third-order valence-corrected chi connectivity index (χ3v) is 10.4. The zero-order valence-corrected chi connectivity index (χ0v) is 27.1. The molecular formula is C31H26Cl3N7O6. The van der Waals surface area contributed by atoms with Crippen molar-refractivity contribution < 1.29 is 19.5 Å². The van der Waals surface area contributed by atoms with Gasteiger partial charge in [0, 0.05) is 61.8 Å². The summed E-state index contributed by atoms with van der Waals surface area (Å²) in [6, 6.07) is 9.26. The van der Waals surface area contributed by atoms with Gasteiger partial charge in [-0.05, 0) is 29.3 Å². The Bertz CT molecular complexity index is 2290. The molecule has 5 aromatic rings. The van der Waals surface area contributed by atoms with E-state index in [2.05, 4.69) is 15.3 Å². The lowest BCUT2D eigenvalue weighted by Gasteiger charge is -2.31. The molecule has 5 heterocycles. The molecule has 0 radical (unpaired) electrons. The number of H-pyrrole nitrogens is 1. The highest BCUT2D eigenvalue weighted by molar-refractivity contribution is 6.43. The van der Waals surface area contributed by atoms with Crippen LogP contribution < -0.4 is 16.6 Å². The number of carboxylic acid groups (broad SMARTS) is 1. The molecule has 3 N–H and O–H groups in total. The topological polar surface area (TPSA) is 164 Å². The Hall–Kier alpha value is -4.43. The molecule has 4 unspecified atom stereocenters. The van der Waals surface area contributed by atoms with E-state index in [-0.39, 0.29) is 51.3 Å². The second-order valence-electron chi connectivity index (χ2n) is 11.9. The average molecular weight is 699 g/mol. The first-order valence-corrected chi connectivity index (χ1v) is 15.7. The van der Waals surface area contributed by atoms with Gasteiger partial charge in [0.1, 0.15) is 5.54 Å². The Morgan fingerprint density at radius 2 is 1.77 bits per heavy atom. The van der Waals surface area contributed by atoms with Crippen molar-refractivity contribution >= 4 is 74.7 Å². The number of benzene rings is 2. The molecule has 0 bridgehead atoms. The van der Waals surface area contributed by atoms with Crippen molar-refractivity contribution in [3.05, 3.63) is 96.0 Å². The molecule has 0 saturated carbocycles. The highest BCUT2D eigenvalue weighted by Gasteiger charge is 2.68. The van der Waals surface area contributed by atoms with Crippen LogP contribution in [-0.2, 0) is 41.4 Å². The number of likely N-dealkylation sites (tertiary alicyclic amines) is 1. The first-order chi connectivity index (χ1) is 22.4. The summed E-state index contributed by atoms with van der Waals surface area (Å²) in [5.74, 6) is -5.14. The molecule has 13 nitrogen and oxygen atoms in total. The summed E-state index contributed by atoms with van der Waals surface area (Å²) < 4.78 is 3.64. The maximum atomic E-state index is 14.3. The number of imide groups is 1. The lowest BCUT2D eigenvalue weighted by molar-refractivity contribution is -0.151. The van der Waals surface area contributed by atoms with Gasteiger partial charge in [-0.15, -0.1) is 0 Å². The number of aliphatic carboxylic acids is 1. The second-order valence-corrected chi connectivity index (χ2v) is 13.1. The minimum Gasteiger partial charge on any atom is -0.480 e. The third-order valence-electron chi connectivity index (χ3n) is 9.41. The Labute approximate surface area is 280 Å². The van der Waals surface area contributed by atoms with E-state index < -0.39 is 52.4 Å². The standard InChI is InChI=1S/C31H26Cl3N7O6/c1-38-25-24(28(44)39(2)30(38)47)40(13-36-25)7-8-41-26(42)20-21(27(41)43)31(29(45)46,11-14-12-35-19-6-4-3-5-16(14)19)37-23(20)17-9-15(32)10-18(33)22(17)34/h3-6,9-10,12-13,20-21,23,35,37H,7-8,11H2,1-2H3,(H,45,46). The van der Waals surface area contributed by atoms with Crippen LogP contribution in [0.25, 0.3) is 22.1 Å². The summed E-state index contributed by atoms with van der Waals surface area (Å²) in [6.07, 6.45) is 2.91. The minimum atomic E-state index is -1.93. The van der Waals surface area contributed by atoms with Gasteiger partial charge in [-0.25, -0.2) is 9.78 Å². The summed E-state index contributed by atoms with van der Waals surface area (Å²) in [7, 11) is 2.82. The largest absolute Gasteiger partial charge is 0.480 e. The van der Waals surface area contributed by atoms with Crippen LogP contribution in [0.5, 0.6) is 0 Å². The second kappa shape index (κ2) is 11.1. The molecule has 7 rings (SSSR count). The number of hydrogen-bond donors (Lipinski definition) is 3. The van der Waals surface area contributed by atoms with Crippen molar-refractivity contribution in [2.24, 2.45) is 25.9 Å². The maximum Gasteiger partial charge on any atom is 0.332 e. The van der Waals surface area contributed by atoms with Crippen LogP contribution >= 0.6 is 34.8 Å². The van der Waals surface area contributed by atoms with Crippen LogP contribution in [0, 0.1) is 11.8 Å². The monoisotopic (exact) mass is 697 g/mol. The number of rotatable bonds is 7. The number of carbonyl (C=O) groups is 3. The molecule has 242 valence electrons. The molecule has 4 atom stereocenters. The SMILES string of the molecule is Cn1c(=O)c2c(ncn2CCN2C(=O)C3C(c4cc(Cl)cc(Cl)c4Cl)NC(Cc4c[nH]c5ccccc45)(C(=O)O)C3C2=O)n(C)c1=O. The van der Waals surface area contributed by atoms with Gasteiger partial charge in [0.15, 0.2) is 11.2 Å². The van der Waals surface area contributed by atoms with Gasteiger partial charge < -0.3 is 14.7 Å². The number of nitrogens with zero attached hydrogens (tertiary/aromatic N) is 5. The molecule has 2 aliphatic heterocycles. The Morgan fingerprint density at radius 1 is 1.02 bits per heavy atom. The summed E-state index contributed by atoms with van der Waals surface area (Å²) in [4.78, 5) is 75.7. The number of hydrogen-bond acceptors (Lipinski definition) is 7. The number of carboxylic acids is 1. The molecule has 0 spiro atoms. The predicted octanol–water partition coefficient (Wildman–Crippen LogP) is 2.89. The van der Waals surface area contributed by atoms with Crippen molar-refractivity contribution in [2.75, 3.05) is 6.54 Å². The molecule has 2 aromatic carbocycles. The fourth-order valence-corrected chi connectivity index (χ4v) is 7.88. The van der Waals surface area contributed by atoms with Crippen LogP contribution in [0.2, 0.25) is 15.1 Å². The van der Waals surface area contributed by atoms with E-state index in [1.54, 1.807) is 6.20 Å². The lowest BCUT2D eigenvalue weighted by atomic mass is 9.76. The number of amides is 2. The number of halogens is 3. The van der Waals surface area contributed by atoms with Gasteiger partial charge in [0.25, 0.3) is 5.56 Å². The van der Waals surface area contributed by atoms with Crippen molar-refractivity contribution in [3.63, 3.8) is 0 Å². The summed E-state index contributed by atoms with van der Waals surface area (Å²) in [5.41, 5.74) is -1.10. The Morgan fingerprint density at radius 3 is 2.51 bits per heavy atom. The lowest BCUT2D eigenvalue weighted by Crippen LogP contribution is -2.57. The van der Waals surface area contributed by atoms with Gasteiger partial charge in [-0.3, -0.25) is 38.5 Å². The summed E-state index contributed by atoms with van der Waals surface area (Å²) >= 11 is 19.3. The normalized spacial score (nSPS) is 22.6. The summed E-state index contributed by atoms with van der Waals surface area (Å²) in [6.45, 7) is -0.229. The van der Waals surface area contributed by atoms with E-state index in [9.17, 15) is 29.1 Å². The van der Waals surface area contributed by atoms with Crippen LogP contribution in [0.15, 0.2) is 58.5 Å². The minimum absolute atomic E-state index is 0.0365. The van der Waals surface area contributed by atoms with Gasteiger partial charge in [-0.1, -0.05) is 53.0 Å². The van der Waals surface area contributed by atoms with E-state index in [0.29, 0.717) is 5.56 Å². The van der Waals surface area contributed by atoms with E-state index in [1.807, 2.05) is 24.3 Å². The van der Waals surface area contributed by atoms with E-state index in [4.69, 9.17) is 34.8 Å². The van der Waals surface area contributed by atoms with Gasteiger partial charge >= 0.3 is 11.7 Å². The number of carbonyl (C=O) groups excluding carboxylic acids is 2. The fourth-order valence-electron chi connectivity index (χ4n) is 7.14. The third kappa shape index (κ3) is 4.55. The Kier molecular flexibility index (Phi) is 7.35. The Balaban J connectivity index is 1.32. The number of nitrogens with one attached hydrogen (secondary N) is 2. The first-order valence-electron chi connectivity index (χ1n) is 14.5. The molecule has 2 fully saturated rings. The van der Waals surface area contributed by atoms with Crippen LogP contribution in [0.4, 0.5) is 0 Å². The number of aromatic nitrogens is 5. The van der Waals surface area contributed by atoms with E-state index >= 15 is 0 Å². The molecule has 2 saturated heterocycles. The van der Waals surface area contributed by atoms with Crippen LogP contribution in [0.1, 0.15) is 17.2 Å². The van der Waals surface area contributed by atoms with Gasteiger partial charge in [-0.2, -0.15) is 0 Å². The predicted molar refractivity (Wildman–Crippen MR) is 174 cm³/mol. The average Bonchev–Trinajstić information content (AvgIpc) is 3.79. The molecule has 0 aliphatic carbocycles. The van der Waals surface area contributed by atoms with E-state index in [0.717, 1.165) is 20.4 Å².